The number of hydrogen-bond donors (Lipinski definition) is 0. The van der Waals surface area contributed by atoms with Gasteiger partial charge in [0.1, 0.15) is 5.82 Å². The second-order valence-electron chi connectivity index (χ2n) is 1.92. The fraction of sp³-hybridized carbons (Fsp3) is 0.143. The molecule has 1 heterocycles. The zero-order valence-electron chi connectivity index (χ0n) is 5.54. The standard InChI is InChI=1S/C7H10N2/c1-4-9-6-5-8(3)7(9)2/h4-6H,1-2H2,3H3. The summed E-state index contributed by atoms with van der Waals surface area (Å²) in [7, 11) is 1.95. The van der Waals surface area contributed by atoms with Crippen molar-refractivity contribution in [2.24, 2.45) is 0 Å². The van der Waals surface area contributed by atoms with Gasteiger partial charge in [-0.1, -0.05) is 13.2 Å². The molecule has 0 N–H and O–H groups in total. The van der Waals surface area contributed by atoms with Gasteiger partial charge >= 0.3 is 0 Å². The van der Waals surface area contributed by atoms with Crippen LogP contribution in [0.2, 0.25) is 0 Å². The molecule has 0 atom stereocenters. The Morgan fingerprint density at radius 2 is 2.22 bits per heavy atom. The second-order valence-corrected chi connectivity index (χ2v) is 1.92. The molecule has 0 aromatic heterocycles. The minimum absolute atomic E-state index is 0.935. The first-order valence-electron chi connectivity index (χ1n) is 2.76. The van der Waals surface area contributed by atoms with Crippen molar-refractivity contribution in [3.63, 3.8) is 0 Å². The van der Waals surface area contributed by atoms with Crippen LogP contribution in [0.25, 0.3) is 0 Å². The molecule has 1 rings (SSSR count). The van der Waals surface area contributed by atoms with Gasteiger partial charge in [0.25, 0.3) is 0 Å². The first-order chi connectivity index (χ1) is 4.25. The van der Waals surface area contributed by atoms with Crippen molar-refractivity contribution in [3.05, 3.63) is 37.6 Å². The maximum absolute atomic E-state index is 3.81. The summed E-state index contributed by atoms with van der Waals surface area (Å²) in [5, 5.41) is 0. The molecule has 0 saturated heterocycles. The van der Waals surface area contributed by atoms with Crippen LogP contribution in [-0.2, 0) is 0 Å². The molecule has 0 amide bonds. The van der Waals surface area contributed by atoms with E-state index in [-0.39, 0.29) is 0 Å². The molecule has 1 aliphatic rings. The lowest BCUT2D eigenvalue weighted by molar-refractivity contribution is 0.478. The maximum Gasteiger partial charge on any atom is 0.109 e. The largest absolute Gasteiger partial charge is 0.336 e. The minimum atomic E-state index is 0.935. The van der Waals surface area contributed by atoms with E-state index in [4.69, 9.17) is 0 Å². The molecule has 0 aromatic carbocycles. The Morgan fingerprint density at radius 1 is 1.56 bits per heavy atom. The van der Waals surface area contributed by atoms with Gasteiger partial charge in [-0.3, -0.25) is 0 Å². The summed E-state index contributed by atoms with van der Waals surface area (Å²) < 4.78 is 0. The monoisotopic (exact) mass is 122 g/mol. The van der Waals surface area contributed by atoms with Crippen molar-refractivity contribution in [3.8, 4) is 0 Å². The van der Waals surface area contributed by atoms with E-state index in [1.54, 1.807) is 6.20 Å². The van der Waals surface area contributed by atoms with Gasteiger partial charge in [-0.05, 0) is 0 Å². The summed E-state index contributed by atoms with van der Waals surface area (Å²) in [5.41, 5.74) is 0. The van der Waals surface area contributed by atoms with E-state index in [0.717, 1.165) is 5.82 Å². The van der Waals surface area contributed by atoms with E-state index in [1.807, 2.05) is 29.2 Å². The Kier molecular flexibility index (Phi) is 1.30. The van der Waals surface area contributed by atoms with Gasteiger partial charge in [0.05, 0.1) is 0 Å². The summed E-state index contributed by atoms with van der Waals surface area (Å²) in [6.07, 6.45) is 5.57. The molecule has 0 aliphatic carbocycles. The van der Waals surface area contributed by atoms with E-state index < -0.39 is 0 Å². The Labute approximate surface area is 55.4 Å². The summed E-state index contributed by atoms with van der Waals surface area (Å²) in [5.74, 6) is 0.935. The lowest BCUT2D eigenvalue weighted by Crippen LogP contribution is -2.13. The normalized spacial score (nSPS) is 17.2. The molecule has 2 heteroatoms. The van der Waals surface area contributed by atoms with Gasteiger partial charge < -0.3 is 9.80 Å². The SMILES string of the molecule is C=CN1C=CN(C)C1=C. The van der Waals surface area contributed by atoms with Crippen molar-refractivity contribution < 1.29 is 0 Å². The average Bonchev–Trinajstić information content (AvgIpc) is 2.15. The van der Waals surface area contributed by atoms with Gasteiger partial charge in [0.2, 0.25) is 0 Å². The van der Waals surface area contributed by atoms with Crippen LogP contribution in [0.15, 0.2) is 37.6 Å². The lowest BCUT2D eigenvalue weighted by atomic mass is 10.6. The first-order valence-corrected chi connectivity index (χ1v) is 2.76. The molecule has 0 saturated carbocycles. The summed E-state index contributed by atoms with van der Waals surface area (Å²) in [6, 6.07) is 0. The topological polar surface area (TPSA) is 6.48 Å². The van der Waals surface area contributed by atoms with Gasteiger partial charge in [0, 0.05) is 25.6 Å². The lowest BCUT2D eigenvalue weighted by Gasteiger charge is -2.15. The third kappa shape index (κ3) is 0.830. The van der Waals surface area contributed by atoms with Gasteiger partial charge in [0.15, 0.2) is 0 Å². The molecule has 2 nitrogen and oxygen atoms in total. The third-order valence-corrected chi connectivity index (χ3v) is 1.35. The van der Waals surface area contributed by atoms with E-state index in [0.29, 0.717) is 0 Å². The molecule has 0 spiro atoms. The highest BCUT2D eigenvalue weighted by Crippen LogP contribution is 2.14. The van der Waals surface area contributed by atoms with Crippen LogP contribution in [0.1, 0.15) is 0 Å². The number of hydrogen-bond acceptors (Lipinski definition) is 2. The van der Waals surface area contributed by atoms with Crippen molar-refractivity contribution >= 4 is 0 Å². The van der Waals surface area contributed by atoms with Crippen LogP contribution in [-0.4, -0.2) is 16.8 Å². The summed E-state index contributed by atoms with van der Waals surface area (Å²) in [4.78, 5) is 3.79. The molecule has 48 valence electrons. The summed E-state index contributed by atoms with van der Waals surface area (Å²) >= 11 is 0. The zero-order valence-corrected chi connectivity index (χ0v) is 5.54. The molecule has 0 unspecified atom stereocenters. The third-order valence-electron chi connectivity index (χ3n) is 1.35. The molecule has 1 aliphatic heterocycles. The molecule has 0 fully saturated rings. The highest BCUT2D eigenvalue weighted by Gasteiger charge is 2.09. The van der Waals surface area contributed by atoms with Gasteiger partial charge in [-0.25, -0.2) is 0 Å². The summed E-state index contributed by atoms with van der Waals surface area (Å²) in [6.45, 7) is 7.42. The average molecular weight is 122 g/mol. The smallest absolute Gasteiger partial charge is 0.109 e. The molecular formula is C7H10N2. The second kappa shape index (κ2) is 1.97. The zero-order chi connectivity index (χ0) is 6.85. The molecule has 0 bridgehead atoms. The van der Waals surface area contributed by atoms with Crippen molar-refractivity contribution in [2.75, 3.05) is 7.05 Å². The fourth-order valence-electron chi connectivity index (χ4n) is 0.692. The van der Waals surface area contributed by atoms with Crippen molar-refractivity contribution in [1.29, 1.82) is 0 Å². The Hall–Kier alpha value is -1.18. The van der Waals surface area contributed by atoms with Gasteiger partial charge in [-0.2, -0.15) is 0 Å². The highest BCUT2D eigenvalue weighted by atomic mass is 15.3. The quantitative estimate of drug-likeness (QED) is 0.517. The van der Waals surface area contributed by atoms with E-state index >= 15 is 0 Å². The van der Waals surface area contributed by atoms with Crippen LogP contribution in [0.3, 0.4) is 0 Å². The van der Waals surface area contributed by atoms with Crippen LogP contribution in [0.5, 0.6) is 0 Å². The van der Waals surface area contributed by atoms with Crippen LogP contribution < -0.4 is 0 Å². The molecule has 9 heavy (non-hydrogen) atoms. The van der Waals surface area contributed by atoms with Crippen LogP contribution in [0.4, 0.5) is 0 Å². The highest BCUT2D eigenvalue weighted by molar-refractivity contribution is 5.12. The van der Waals surface area contributed by atoms with E-state index in [1.165, 1.54) is 0 Å². The van der Waals surface area contributed by atoms with Gasteiger partial charge in [-0.15, -0.1) is 0 Å². The van der Waals surface area contributed by atoms with Crippen LogP contribution in [0, 0.1) is 0 Å². The fourth-order valence-corrected chi connectivity index (χ4v) is 0.692. The molecule has 0 radical (unpaired) electrons. The van der Waals surface area contributed by atoms with Crippen LogP contribution >= 0.6 is 0 Å². The molecule has 0 aromatic rings. The predicted molar refractivity (Wildman–Crippen MR) is 38.1 cm³/mol. The molecular weight excluding hydrogens is 112 g/mol. The van der Waals surface area contributed by atoms with E-state index in [9.17, 15) is 0 Å². The Morgan fingerprint density at radius 3 is 2.44 bits per heavy atom. The maximum atomic E-state index is 3.81. The Bertz CT molecular complexity index is 170. The minimum Gasteiger partial charge on any atom is -0.336 e. The number of rotatable bonds is 1. The first kappa shape index (κ1) is 5.95. The number of nitrogens with zero attached hydrogens (tertiary/aromatic N) is 2. The van der Waals surface area contributed by atoms with Crippen molar-refractivity contribution in [1.82, 2.24) is 9.80 Å². The Balaban J connectivity index is 2.73. The van der Waals surface area contributed by atoms with Crippen molar-refractivity contribution in [2.45, 2.75) is 0 Å². The van der Waals surface area contributed by atoms with E-state index in [2.05, 4.69) is 13.2 Å². The predicted octanol–water partition coefficient (Wildman–Crippen LogP) is 1.32.